The Bertz CT molecular complexity index is 593. The second kappa shape index (κ2) is 8.03. The van der Waals surface area contributed by atoms with Crippen LogP contribution in [0.4, 0.5) is 5.13 Å². The smallest absolute Gasteiger partial charge is 0.226 e. The van der Waals surface area contributed by atoms with Crippen LogP contribution in [0.3, 0.4) is 0 Å². The van der Waals surface area contributed by atoms with E-state index >= 15 is 0 Å². The lowest BCUT2D eigenvalue weighted by atomic mass is 9.98. The Kier molecular flexibility index (Phi) is 6.07. The zero-order valence-electron chi connectivity index (χ0n) is 13.4. The first-order chi connectivity index (χ1) is 10.6. The first-order valence-corrected chi connectivity index (χ1v) is 8.63. The van der Waals surface area contributed by atoms with E-state index in [-0.39, 0.29) is 11.8 Å². The van der Waals surface area contributed by atoms with Crippen molar-refractivity contribution in [2.75, 3.05) is 5.32 Å². The molecule has 0 unspecified atom stereocenters. The molecule has 1 heterocycles. The molecule has 0 saturated carbocycles. The lowest BCUT2D eigenvalue weighted by Gasteiger charge is -2.10. The van der Waals surface area contributed by atoms with E-state index in [0.29, 0.717) is 17.5 Å². The Labute approximate surface area is 136 Å². The van der Waals surface area contributed by atoms with Crippen LogP contribution in [0.5, 0.6) is 0 Å². The number of hydrogen-bond donors (Lipinski definition) is 1. The van der Waals surface area contributed by atoms with Crippen molar-refractivity contribution in [1.29, 1.82) is 0 Å². The molecule has 0 fully saturated rings. The summed E-state index contributed by atoms with van der Waals surface area (Å²) in [6.07, 6.45) is 2.54. The summed E-state index contributed by atoms with van der Waals surface area (Å²) in [6, 6.07) is 10.1. The maximum atomic E-state index is 12.1. The van der Waals surface area contributed by atoms with Crippen molar-refractivity contribution in [2.45, 2.75) is 51.9 Å². The number of anilines is 1. The average Bonchev–Trinajstić information content (AvgIpc) is 2.97. The van der Waals surface area contributed by atoms with E-state index in [9.17, 15) is 4.79 Å². The molecule has 0 radical (unpaired) electrons. The predicted molar refractivity (Wildman–Crippen MR) is 91.3 cm³/mol. The number of aromatic nitrogens is 2. The zero-order chi connectivity index (χ0) is 15.9. The minimum absolute atomic E-state index is 0.0106. The van der Waals surface area contributed by atoms with E-state index in [1.807, 2.05) is 30.3 Å². The van der Waals surface area contributed by atoms with Gasteiger partial charge in [-0.1, -0.05) is 62.4 Å². The van der Waals surface area contributed by atoms with Gasteiger partial charge in [0.15, 0.2) is 0 Å². The number of benzene rings is 1. The van der Waals surface area contributed by atoms with E-state index in [4.69, 9.17) is 0 Å². The fourth-order valence-electron chi connectivity index (χ4n) is 2.44. The Morgan fingerprint density at radius 3 is 2.50 bits per heavy atom. The fraction of sp³-hybridized carbons (Fsp3) is 0.471. The Morgan fingerprint density at radius 1 is 1.18 bits per heavy atom. The molecule has 22 heavy (non-hydrogen) atoms. The van der Waals surface area contributed by atoms with Crippen LogP contribution >= 0.6 is 11.3 Å². The number of nitrogens with zero attached hydrogens (tertiary/aromatic N) is 2. The third-order valence-electron chi connectivity index (χ3n) is 3.88. The first kappa shape index (κ1) is 16.6. The molecule has 0 bridgehead atoms. The number of hydrogen-bond acceptors (Lipinski definition) is 4. The van der Waals surface area contributed by atoms with Crippen LogP contribution in [0.15, 0.2) is 30.3 Å². The average molecular weight is 317 g/mol. The molecule has 1 atom stereocenters. The normalized spacial score (nSPS) is 12.4. The van der Waals surface area contributed by atoms with Gasteiger partial charge in [0.2, 0.25) is 11.0 Å². The molecule has 1 aromatic heterocycles. The summed E-state index contributed by atoms with van der Waals surface area (Å²) in [5.74, 6) is 0.614. The highest BCUT2D eigenvalue weighted by molar-refractivity contribution is 7.15. The Hall–Kier alpha value is -1.75. The molecule has 0 aliphatic heterocycles. The van der Waals surface area contributed by atoms with Gasteiger partial charge in [0.05, 0.1) is 0 Å². The van der Waals surface area contributed by atoms with Gasteiger partial charge in [-0.2, -0.15) is 0 Å². The van der Waals surface area contributed by atoms with Gasteiger partial charge in [-0.05, 0) is 24.3 Å². The van der Waals surface area contributed by atoms with Crippen molar-refractivity contribution in [3.63, 3.8) is 0 Å². The van der Waals surface area contributed by atoms with Crippen molar-refractivity contribution in [2.24, 2.45) is 0 Å². The molecule has 1 N–H and O–H groups in total. The van der Waals surface area contributed by atoms with Crippen LogP contribution in [0.1, 0.15) is 62.4 Å². The topological polar surface area (TPSA) is 54.9 Å². The van der Waals surface area contributed by atoms with Crippen molar-refractivity contribution >= 4 is 22.4 Å². The number of carbonyl (C=O) groups excluding carboxylic acids is 1. The summed E-state index contributed by atoms with van der Waals surface area (Å²) < 4.78 is 0. The van der Waals surface area contributed by atoms with E-state index in [0.717, 1.165) is 17.8 Å². The molecule has 2 rings (SSSR count). The zero-order valence-corrected chi connectivity index (χ0v) is 14.2. The van der Waals surface area contributed by atoms with E-state index in [2.05, 4.69) is 36.3 Å². The largest absolute Gasteiger partial charge is 0.301 e. The van der Waals surface area contributed by atoms with E-state index in [1.165, 1.54) is 16.9 Å². The highest BCUT2D eigenvalue weighted by Crippen LogP contribution is 2.28. The molecule has 0 aliphatic carbocycles. The number of amides is 1. The standard InChI is InChI=1S/C17H23N3OS/c1-4-13(5-2)16-19-20-17(22-16)18-15(21)11-12(3)14-9-7-6-8-10-14/h6-10,12-13H,4-5,11H2,1-3H3,(H,18,20,21)/t12-/m0/s1. The third kappa shape index (κ3) is 4.37. The molecule has 1 amide bonds. The maximum Gasteiger partial charge on any atom is 0.226 e. The highest BCUT2D eigenvalue weighted by atomic mass is 32.1. The summed E-state index contributed by atoms with van der Waals surface area (Å²) in [6.45, 7) is 6.36. The molecular formula is C17H23N3OS. The highest BCUT2D eigenvalue weighted by Gasteiger charge is 2.16. The second-order valence-electron chi connectivity index (χ2n) is 5.52. The van der Waals surface area contributed by atoms with Crippen LogP contribution in [-0.2, 0) is 4.79 Å². The molecule has 2 aromatic rings. The van der Waals surface area contributed by atoms with Crippen LogP contribution in [-0.4, -0.2) is 16.1 Å². The first-order valence-electron chi connectivity index (χ1n) is 7.82. The summed E-state index contributed by atoms with van der Waals surface area (Å²) in [4.78, 5) is 12.1. The second-order valence-corrected chi connectivity index (χ2v) is 6.53. The van der Waals surface area contributed by atoms with Crippen molar-refractivity contribution in [3.8, 4) is 0 Å². The third-order valence-corrected chi connectivity index (χ3v) is 4.88. The molecule has 118 valence electrons. The molecule has 0 aliphatic rings. The number of carbonyl (C=O) groups is 1. The van der Waals surface area contributed by atoms with Gasteiger partial charge >= 0.3 is 0 Å². The van der Waals surface area contributed by atoms with Gasteiger partial charge in [-0.15, -0.1) is 10.2 Å². The molecule has 4 nitrogen and oxygen atoms in total. The predicted octanol–water partition coefficient (Wildman–Crippen LogP) is 4.57. The van der Waals surface area contributed by atoms with Gasteiger partial charge in [0.25, 0.3) is 0 Å². The van der Waals surface area contributed by atoms with Crippen LogP contribution in [0, 0.1) is 0 Å². The Morgan fingerprint density at radius 2 is 1.86 bits per heavy atom. The van der Waals surface area contributed by atoms with Gasteiger partial charge in [-0.3, -0.25) is 4.79 Å². The van der Waals surface area contributed by atoms with Crippen molar-refractivity contribution in [1.82, 2.24) is 10.2 Å². The lowest BCUT2D eigenvalue weighted by Crippen LogP contribution is -2.14. The van der Waals surface area contributed by atoms with Crippen LogP contribution in [0.25, 0.3) is 0 Å². The minimum Gasteiger partial charge on any atom is -0.301 e. The lowest BCUT2D eigenvalue weighted by molar-refractivity contribution is -0.116. The van der Waals surface area contributed by atoms with Gasteiger partial charge in [-0.25, -0.2) is 0 Å². The molecule has 1 aromatic carbocycles. The number of nitrogens with one attached hydrogen (secondary N) is 1. The molecule has 5 heteroatoms. The van der Waals surface area contributed by atoms with Crippen LogP contribution in [0.2, 0.25) is 0 Å². The van der Waals surface area contributed by atoms with Gasteiger partial charge in [0.1, 0.15) is 5.01 Å². The molecule has 0 saturated heterocycles. The molecule has 0 spiro atoms. The van der Waals surface area contributed by atoms with E-state index < -0.39 is 0 Å². The SMILES string of the molecule is CCC(CC)c1nnc(NC(=O)C[C@H](C)c2ccccc2)s1. The summed E-state index contributed by atoms with van der Waals surface area (Å²) in [7, 11) is 0. The Balaban J connectivity index is 1.92. The summed E-state index contributed by atoms with van der Waals surface area (Å²) >= 11 is 1.49. The molecular weight excluding hydrogens is 294 g/mol. The van der Waals surface area contributed by atoms with Crippen LogP contribution < -0.4 is 5.32 Å². The summed E-state index contributed by atoms with van der Waals surface area (Å²) in [5.41, 5.74) is 1.17. The van der Waals surface area contributed by atoms with Gasteiger partial charge in [0, 0.05) is 12.3 Å². The number of rotatable bonds is 7. The minimum atomic E-state index is -0.0106. The fourth-order valence-corrected chi connectivity index (χ4v) is 3.46. The van der Waals surface area contributed by atoms with E-state index in [1.54, 1.807) is 0 Å². The quantitative estimate of drug-likeness (QED) is 0.813. The monoisotopic (exact) mass is 317 g/mol. The van der Waals surface area contributed by atoms with Crippen molar-refractivity contribution in [3.05, 3.63) is 40.9 Å². The maximum absolute atomic E-state index is 12.1. The van der Waals surface area contributed by atoms with Gasteiger partial charge < -0.3 is 5.32 Å². The summed E-state index contributed by atoms with van der Waals surface area (Å²) in [5, 5.41) is 12.8. The van der Waals surface area contributed by atoms with Crippen molar-refractivity contribution < 1.29 is 4.79 Å².